The van der Waals surface area contributed by atoms with Crippen molar-refractivity contribution in [1.82, 2.24) is 9.80 Å². The van der Waals surface area contributed by atoms with Crippen molar-refractivity contribution in [2.45, 2.75) is 56.7 Å². The highest BCUT2D eigenvalue weighted by Gasteiger charge is 2.53. The van der Waals surface area contributed by atoms with E-state index in [0.29, 0.717) is 13.2 Å². The Kier molecular flexibility index (Phi) is 7.95. The fourth-order valence-corrected chi connectivity index (χ4v) is 6.05. The van der Waals surface area contributed by atoms with E-state index in [-0.39, 0.29) is 11.5 Å². The number of amides is 1. The number of hydrogen-bond acceptors (Lipinski definition) is 5. The van der Waals surface area contributed by atoms with Gasteiger partial charge in [-0.3, -0.25) is 4.79 Å². The van der Waals surface area contributed by atoms with Crippen LogP contribution in [0.5, 0.6) is 0 Å². The van der Waals surface area contributed by atoms with Crippen molar-refractivity contribution in [2.75, 3.05) is 31.2 Å². The summed E-state index contributed by atoms with van der Waals surface area (Å²) in [6.07, 6.45) is 11.1. The number of aromatic carboxylic acids is 1. The molecule has 2 heterocycles. The van der Waals surface area contributed by atoms with E-state index in [1.807, 2.05) is 35.2 Å². The topological polar surface area (TPSA) is 84.3 Å². The van der Waals surface area contributed by atoms with Gasteiger partial charge in [0.25, 0.3) is 0 Å². The van der Waals surface area contributed by atoms with Crippen molar-refractivity contribution in [3.8, 4) is 0 Å². The predicted octanol–water partition coefficient (Wildman–Crippen LogP) is 4.44. The highest BCUT2D eigenvalue weighted by atomic mass is 16.4. The molecule has 2 saturated heterocycles. The molecule has 3 aliphatic rings. The van der Waals surface area contributed by atoms with Crippen LogP contribution in [-0.2, 0) is 11.3 Å². The molecule has 38 heavy (non-hydrogen) atoms. The molecule has 7 nitrogen and oxygen atoms in total. The molecule has 0 radical (unpaired) electrons. The maximum absolute atomic E-state index is 14.0. The number of carboxylic acids is 1. The molecule has 1 aliphatic carbocycles. The smallest absolute Gasteiger partial charge is 0.335 e. The van der Waals surface area contributed by atoms with E-state index < -0.39 is 17.6 Å². The van der Waals surface area contributed by atoms with Gasteiger partial charge in [-0.1, -0.05) is 48.6 Å². The molecule has 2 aromatic rings. The summed E-state index contributed by atoms with van der Waals surface area (Å²) in [5.41, 5.74) is 2.53. The molecule has 1 unspecified atom stereocenters. The molecular weight excluding hydrogens is 478 g/mol. The molecule has 2 aromatic carbocycles. The Morgan fingerprint density at radius 1 is 1.03 bits per heavy atom. The molecule has 5 rings (SSSR count). The van der Waals surface area contributed by atoms with Crippen LogP contribution in [0.1, 0.15) is 54.4 Å². The van der Waals surface area contributed by atoms with Crippen molar-refractivity contribution >= 4 is 17.6 Å². The van der Waals surface area contributed by atoms with Gasteiger partial charge in [-0.25, -0.2) is 4.79 Å². The highest BCUT2D eigenvalue weighted by molar-refractivity contribution is 5.93. The molecule has 2 N–H and O–H groups in total. The number of allylic oxidation sites excluding steroid dienone is 2. The molecular formula is C31H37N3O4. The normalized spacial score (nSPS) is 20.1. The number of nitrogens with zero attached hydrogens (tertiary/aromatic N) is 3. The number of carboxylic acid groups (broad SMARTS) is 1. The van der Waals surface area contributed by atoms with Crippen LogP contribution in [0, 0.1) is 0 Å². The van der Waals surface area contributed by atoms with Crippen molar-refractivity contribution in [1.29, 1.82) is 0 Å². The van der Waals surface area contributed by atoms with E-state index in [1.165, 1.54) is 0 Å². The van der Waals surface area contributed by atoms with Crippen molar-refractivity contribution in [2.24, 2.45) is 0 Å². The molecule has 1 atom stereocenters. The molecule has 2 fully saturated rings. The lowest BCUT2D eigenvalue weighted by molar-refractivity contribution is -0.134. The number of carbonyl (C=O) groups is 2. The van der Waals surface area contributed by atoms with Crippen LogP contribution >= 0.6 is 0 Å². The summed E-state index contributed by atoms with van der Waals surface area (Å²) in [6, 6.07) is 17.0. The zero-order valence-corrected chi connectivity index (χ0v) is 21.8. The number of likely N-dealkylation sites (tertiary alicyclic amines) is 1. The predicted molar refractivity (Wildman–Crippen MR) is 148 cm³/mol. The summed E-state index contributed by atoms with van der Waals surface area (Å²) in [5.74, 6) is -0.845. The van der Waals surface area contributed by atoms with Crippen molar-refractivity contribution < 1.29 is 19.8 Å². The standard InChI is InChI=1S/C31H37N3O4/c35-28(25-10-3-1-4-11-25)15-8-18-32-19-16-31(17-20-32)30(38)33(23-34(31)27-13-5-2-6-14-27)22-24-9-7-12-26(21-24)29(36)37/h2-3,5-7,9-14,21,28,35H,1,4,8,15-20,22-23H2,(H,36,37). The third-order valence-electron chi connectivity index (χ3n) is 8.17. The van der Waals surface area contributed by atoms with Gasteiger partial charge in [-0.05, 0) is 80.5 Å². The second-order valence-corrected chi connectivity index (χ2v) is 10.6. The van der Waals surface area contributed by atoms with Gasteiger partial charge in [-0.2, -0.15) is 0 Å². The molecule has 0 saturated carbocycles. The summed E-state index contributed by atoms with van der Waals surface area (Å²) in [4.78, 5) is 32.0. The second-order valence-electron chi connectivity index (χ2n) is 10.6. The van der Waals surface area contributed by atoms with Crippen molar-refractivity contribution in [3.05, 3.63) is 89.5 Å². The molecule has 0 bridgehead atoms. The Bertz CT molecular complexity index is 1200. The lowest BCUT2D eigenvalue weighted by Crippen LogP contribution is -2.56. The number of carbonyl (C=O) groups excluding carboxylic acids is 1. The third kappa shape index (κ3) is 5.54. The summed E-state index contributed by atoms with van der Waals surface area (Å²) in [5, 5.41) is 19.9. The molecule has 0 aromatic heterocycles. The fourth-order valence-electron chi connectivity index (χ4n) is 6.05. The third-order valence-corrected chi connectivity index (χ3v) is 8.17. The average molecular weight is 516 g/mol. The molecule has 1 amide bonds. The van der Waals surface area contributed by atoms with Crippen LogP contribution in [0.3, 0.4) is 0 Å². The van der Waals surface area contributed by atoms with E-state index in [2.05, 4.69) is 34.1 Å². The maximum Gasteiger partial charge on any atom is 0.335 e. The number of hydrogen-bond donors (Lipinski definition) is 2. The SMILES string of the molecule is O=C(O)c1cccc(CN2CN(c3ccccc3)C3(CCN(CCCC(O)C4=CCCC=C4)CC3)C2=O)c1. The van der Waals surface area contributed by atoms with E-state index in [9.17, 15) is 19.8 Å². The zero-order chi connectivity index (χ0) is 26.5. The minimum Gasteiger partial charge on any atom is -0.478 e. The number of aliphatic hydroxyl groups is 1. The molecule has 200 valence electrons. The van der Waals surface area contributed by atoms with Gasteiger partial charge in [0.05, 0.1) is 18.3 Å². The van der Waals surface area contributed by atoms with E-state index in [0.717, 1.165) is 75.0 Å². The first kappa shape index (κ1) is 26.2. The van der Waals surface area contributed by atoms with Gasteiger partial charge in [0, 0.05) is 25.3 Å². The number of aliphatic hydroxyl groups excluding tert-OH is 1. The lowest BCUT2D eigenvalue weighted by Gasteiger charge is -2.43. The first-order valence-electron chi connectivity index (χ1n) is 13.7. The summed E-state index contributed by atoms with van der Waals surface area (Å²) < 4.78 is 0. The van der Waals surface area contributed by atoms with Crippen LogP contribution in [-0.4, -0.2) is 69.8 Å². The van der Waals surface area contributed by atoms with Gasteiger partial charge in [0.15, 0.2) is 0 Å². The molecule has 2 aliphatic heterocycles. The van der Waals surface area contributed by atoms with E-state index in [1.54, 1.807) is 18.2 Å². The highest BCUT2D eigenvalue weighted by Crippen LogP contribution is 2.40. The zero-order valence-electron chi connectivity index (χ0n) is 21.8. The Morgan fingerprint density at radius 3 is 2.53 bits per heavy atom. The Hall–Kier alpha value is -3.42. The van der Waals surface area contributed by atoms with Crippen LogP contribution in [0.25, 0.3) is 0 Å². The summed E-state index contributed by atoms with van der Waals surface area (Å²) in [6.45, 7) is 3.44. The molecule has 1 spiro atoms. The Balaban J connectivity index is 1.25. The minimum atomic E-state index is -0.964. The summed E-state index contributed by atoms with van der Waals surface area (Å²) >= 11 is 0. The second kappa shape index (κ2) is 11.5. The quantitative estimate of drug-likeness (QED) is 0.514. The van der Waals surface area contributed by atoms with Gasteiger partial charge < -0.3 is 24.9 Å². The number of para-hydroxylation sites is 1. The first-order valence-corrected chi connectivity index (χ1v) is 13.7. The van der Waals surface area contributed by atoms with E-state index >= 15 is 0 Å². The first-order chi connectivity index (χ1) is 18.5. The number of anilines is 1. The fraction of sp³-hybridized carbons (Fsp3) is 0.419. The van der Waals surface area contributed by atoms with E-state index in [4.69, 9.17) is 0 Å². The lowest BCUT2D eigenvalue weighted by atomic mass is 9.85. The van der Waals surface area contributed by atoms with Crippen LogP contribution in [0.4, 0.5) is 5.69 Å². The largest absolute Gasteiger partial charge is 0.478 e. The van der Waals surface area contributed by atoms with Crippen LogP contribution in [0.2, 0.25) is 0 Å². The minimum absolute atomic E-state index is 0.119. The number of rotatable bonds is 9. The number of benzene rings is 2. The Labute approximate surface area is 224 Å². The van der Waals surface area contributed by atoms with Gasteiger partial charge in [0.1, 0.15) is 5.54 Å². The monoisotopic (exact) mass is 515 g/mol. The van der Waals surface area contributed by atoms with Gasteiger partial charge in [-0.15, -0.1) is 0 Å². The Morgan fingerprint density at radius 2 is 1.82 bits per heavy atom. The van der Waals surface area contributed by atoms with Crippen LogP contribution < -0.4 is 4.90 Å². The van der Waals surface area contributed by atoms with Gasteiger partial charge >= 0.3 is 5.97 Å². The average Bonchev–Trinajstić information content (AvgIpc) is 3.21. The summed E-state index contributed by atoms with van der Waals surface area (Å²) in [7, 11) is 0. The maximum atomic E-state index is 14.0. The van der Waals surface area contributed by atoms with Crippen LogP contribution in [0.15, 0.2) is 78.4 Å². The van der Waals surface area contributed by atoms with Crippen molar-refractivity contribution in [3.63, 3.8) is 0 Å². The van der Waals surface area contributed by atoms with Gasteiger partial charge in [0.2, 0.25) is 5.91 Å². The molecule has 7 heteroatoms. The number of piperidine rings is 1.